The number of benzene rings is 4. The number of fused-ring (bicyclic) bond motifs is 2. The van der Waals surface area contributed by atoms with E-state index in [1.54, 1.807) is 6.07 Å². The highest BCUT2D eigenvalue weighted by Crippen LogP contribution is 2.26. The Morgan fingerprint density at radius 3 is 1.61 bits per heavy atom. The van der Waals surface area contributed by atoms with Gasteiger partial charge in [-0.3, -0.25) is 0 Å². The third-order valence-corrected chi connectivity index (χ3v) is 7.16. The summed E-state index contributed by atoms with van der Waals surface area (Å²) >= 11 is 29.4. The molecule has 0 atom stereocenters. The highest BCUT2D eigenvalue weighted by Gasteiger charge is 2.04. The number of hydrogen-bond donors (Lipinski definition) is 2. The van der Waals surface area contributed by atoms with Crippen molar-refractivity contribution >= 4 is 85.6 Å². The number of pyridine rings is 2. The van der Waals surface area contributed by atoms with Crippen LogP contribution < -0.4 is 11.1 Å². The molecule has 0 fully saturated rings. The minimum atomic E-state index is 0.429. The van der Waals surface area contributed by atoms with Crippen molar-refractivity contribution in [3.63, 3.8) is 0 Å². The predicted octanol–water partition coefficient (Wildman–Crippen LogP) is 10.5. The second-order valence-corrected chi connectivity index (χ2v) is 10.8. The van der Waals surface area contributed by atoms with Crippen molar-refractivity contribution in [3.8, 4) is 0 Å². The summed E-state index contributed by atoms with van der Waals surface area (Å²) in [7, 11) is 0. The number of nitrogens with zero attached hydrogens (tertiary/aromatic N) is 2. The SMILES string of the molecule is Clc1cc(Cl)c2ccccc2n1.Clc1ccc(CNc2cc(Cl)c3ccccc3n2)cc1.NCc1ccc(Cl)cc1. The smallest absolute Gasteiger partial charge is 0.131 e. The van der Waals surface area contributed by atoms with E-state index in [4.69, 9.17) is 63.7 Å². The summed E-state index contributed by atoms with van der Waals surface area (Å²) < 4.78 is 0. The molecule has 0 saturated heterocycles. The number of nitrogens with one attached hydrogen (secondary N) is 1. The highest BCUT2D eigenvalue weighted by molar-refractivity contribution is 6.37. The second kappa shape index (κ2) is 15.2. The normalized spacial score (nSPS) is 10.4. The molecule has 208 valence electrons. The zero-order chi connectivity index (χ0) is 29.2. The zero-order valence-corrected chi connectivity index (χ0v) is 25.4. The molecule has 0 spiro atoms. The Labute approximate surface area is 264 Å². The third kappa shape index (κ3) is 9.20. The van der Waals surface area contributed by atoms with Crippen molar-refractivity contribution in [2.24, 2.45) is 5.73 Å². The van der Waals surface area contributed by atoms with Crippen molar-refractivity contribution in [1.29, 1.82) is 0 Å². The first-order chi connectivity index (χ1) is 19.8. The fourth-order valence-electron chi connectivity index (χ4n) is 3.74. The number of para-hydroxylation sites is 2. The van der Waals surface area contributed by atoms with Gasteiger partial charge in [-0.15, -0.1) is 0 Å². The maximum Gasteiger partial charge on any atom is 0.131 e. The number of halogens is 5. The van der Waals surface area contributed by atoms with Gasteiger partial charge in [-0.25, -0.2) is 9.97 Å². The number of hydrogen-bond acceptors (Lipinski definition) is 4. The minimum Gasteiger partial charge on any atom is -0.366 e. The van der Waals surface area contributed by atoms with E-state index in [1.807, 2.05) is 103 Å². The van der Waals surface area contributed by atoms with Gasteiger partial charge in [0, 0.05) is 33.9 Å². The fourth-order valence-corrected chi connectivity index (χ4v) is 4.78. The number of aromatic nitrogens is 2. The van der Waals surface area contributed by atoms with Crippen LogP contribution in [0.5, 0.6) is 0 Å². The molecule has 4 nitrogen and oxygen atoms in total. The Hall–Kier alpha value is -3.09. The van der Waals surface area contributed by atoms with Crippen molar-refractivity contribution in [2.75, 3.05) is 5.32 Å². The average molecular weight is 643 g/mol. The topological polar surface area (TPSA) is 63.8 Å². The van der Waals surface area contributed by atoms with Crippen LogP contribution in [0.25, 0.3) is 21.8 Å². The van der Waals surface area contributed by atoms with Gasteiger partial charge in [0.05, 0.1) is 21.1 Å². The van der Waals surface area contributed by atoms with Gasteiger partial charge in [-0.05, 0) is 59.7 Å². The molecule has 0 aliphatic rings. The maximum atomic E-state index is 6.27. The highest BCUT2D eigenvalue weighted by atomic mass is 35.5. The molecule has 41 heavy (non-hydrogen) atoms. The minimum absolute atomic E-state index is 0.429. The molecule has 6 rings (SSSR count). The van der Waals surface area contributed by atoms with Crippen LogP contribution in [0.2, 0.25) is 25.2 Å². The van der Waals surface area contributed by atoms with Gasteiger partial charge in [-0.1, -0.05) is 119 Å². The Morgan fingerprint density at radius 1 is 0.561 bits per heavy atom. The molecular formula is C32H25Cl5N4. The molecule has 0 amide bonds. The lowest BCUT2D eigenvalue weighted by Crippen LogP contribution is -2.01. The van der Waals surface area contributed by atoms with E-state index in [1.165, 1.54) is 0 Å². The van der Waals surface area contributed by atoms with Crippen LogP contribution in [0.1, 0.15) is 11.1 Å². The van der Waals surface area contributed by atoms with Gasteiger partial charge in [0.2, 0.25) is 0 Å². The van der Waals surface area contributed by atoms with Gasteiger partial charge in [0.15, 0.2) is 0 Å². The van der Waals surface area contributed by atoms with Gasteiger partial charge in [-0.2, -0.15) is 0 Å². The summed E-state index contributed by atoms with van der Waals surface area (Å²) in [4.78, 5) is 8.66. The molecule has 0 aliphatic heterocycles. The standard InChI is InChI=1S/C16H12Cl2N2.C9H5Cl2N.C7H8ClN/c17-12-7-5-11(6-8-12)10-19-16-9-14(18)13-3-1-2-4-15(13)20-16;10-7-5-9(11)12-8-4-2-1-3-6(7)8;8-7-3-1-6(5-9)2-4-7/h1-9H,10H2,(H,19,20);1-5H;1-4H,5,9H2. The lowest BCUT2D eigenvalue weighted by molar-refractivity contribution is 1.07. The van der Waals surface area contributed by atoms with Crippen LogP contribution in [-0.2, 0) is 13.1 Å². The van der Waals surface area contributed by atoms with Crippen LogP contribution in [0.4, 0.5) is 5.82 Å². The molecule has 0 unspecified atom stereocenters. The molecule has 2 heterocycles. The summed E-state index contributed by atoms with van der Waals surface area (Å²) in [6.45, 7) is 1.26. The van der Waals surface area contributed by atoms with Gasteiger partial charge in [0.1, 0.15) is 11.0 Å². The van der Waals surface area contributed by atoms with E-state index in [-0.39, 0.29) is 0 Å². The van der Waals surface area contributed by atoms with E-state index < -0.39 is 0 Å². The molecular weight excluding hydrogens is 618 g/mol. The molecule has 6 aromatic rings. The van der Waals surface area contributed by atoms with Crippen molar-refractivity contribution in [3.05, 3.63) is 146 Å². The van der Waals surface area contributed by atoms with E-state index in [0.717, 1.165) is 48.8 Å². The van der Waals surface area contributed by atoms with Gasteiger partial charge < -0.3 is 11.1 Å². The predicted molar refractivity (Wildman–Crippen MR) is 177 cm³/mol. The summed E-state index contributed by atoms with van der Waals surface area (Å²) in [6.07, 6.45) is 0. The van der Waals surface area contributed by atoms with E-state index in [2.05, 4.69) is 15.3 Å². The van der Waals surface area contributed by atoms with Crippen molar-refractivity contribution in [2.45, 2.75) is 13.1 Å². The van der Waals surface area contributed by atoms with Gasteiger partial charge >= 0.3 is 0 Å². The first kappa shape index (κ1) is 30.9. The van der Waals surface area contributed by atoms with Crippen molar-refractivity contribution in [1.82, 2.24) is 9.97 Å². The first-order valence-electron chi connectivity index (χ1n) is 12.5. The van der Waals surface area contributed by atoms with Crippen LogP contribution in [0, 0.1) is 0 Å². The van der Waals surface area contributed by atoms with Crippen molar-refractivity contribution < 1.29 is 0 Å². The van der Waals surface area contributed by atoms with E-state index in [0.29, 0.717) is 28.3 Å². The maximum absolute atomic E-state index is 6.27. The fraction of sp³-hybridized carbons (Fsp3) is 0.0625. The molecule has 3 N–H and O–H groups in total. The lowest BCUT2D eigenvalue weighted by Gasteiger charge is -2.08. The molecule has 9 heteroatoms. The van der Waals surface area contributed by atoms with Crippen LogP contribution >= 0.6 is 58.0 Å². The molecule has 0 saturated carbocycles. The summed E-state index contributed by atoms with van der Waals surface area (Å²) in [5.74, 6) is 0.767. The molecule has 0 bridgehead atoms. The number of anilines is 1. The molecule has 0 aliphatic carbocycles. The average Bonchev–Trinajstić information content (AvgIpc) is 2.98. The van der Waals surface area contributed by atoms with Gasteiger partial charge in [0.25, 0.3) is 0 Å². The number of rotatable bonds is 4. The second-order valence-electron chi connectivity index (χ2n) is 8.76. The van der Waals surface area contributed by atoms with E-state index >= 15 is 0 Å². The molecule has 0 radical (unpaired) electrons. The number of nitrogens with two attached hydrogens (primary N) is 1. The summed E-state index contributed by atoms with van der Waals surface area (Å²) in [5, 5.41) is 8.44. The summed E-state index contributed by atoms with van der Waals surface area (Å²) in [5.41, 5.74) is 9.32. The monoisotopic (exact) mass is 640 g/mol. The first-order valence-corrected chi connectivity index (χ1v) is 14.4. The Bertz CT molecular complexity index is 1730. The lowest BCUT2D eigenvalue weighted by atomic mass is 10.2. The van der Waals surface area contributed by atoms with Crippen LogP contribution in [0.15, 0.2) is 109 Å². The Balaban J connectivity index is 0.000000156. The van der Waals surface area contributed by atoms with Crippen LogP contribution in [0.3, 0.4) is 0 Å². The quantitative estimate of drug-likeness (QED) is 0.188. The van der Waals surface area contributed by atoms with E-state index in [9.17, 15) is 0 Å². The largest absolute Gasteiger partial charge is 0.366 e. The zero-order valence-electron chi connectivity index (χ0n) is 21.7. The molecule has 4 aromatic carbocycles. The Kier molecular flexibility index (Phi) is 11.5. The summed E-state index contributed by atoms with van der Waals surface area (Å²) in [6, 6.07) is 34.2. The third-order valence-electron chi connectivity index (χ3n) is 5.84. The Morgan fingerprint density at radius 2 is 1.05 bits per heavy atom. The van der Waals surface area contributed by atoms with Crippen LogP contribution in [-0.4, -0.2) is 9.97 Å². The molecule has 2 aromatic heterocycles.